The molecule has 3 atom stereocenters. The van der Waals surface area contributed by atoms with E-state index in [1.54, 1.807) is 36.3 Å². The molecule has 0 bridgehead atoms. The van der Waals surface area contributed by atoms with E-state index >= 15 is 0 Å². The molecule has 9 nitrogen and oxygen atoms in total. The summed E-state index contributed by atoms with van der Waals surface area (Å²) in [5.41, 5.74) is 2.73. The molecule has 2 aromatic carbocycles. The summed E-state index contributed by atoms with van der Waals surface area (Å²) in [7, 11) is 3.76. The number of nitrogens with one attached hydrogen (secondary N) is 1. The highest BCUT2D eigenvalue weighted by atomic mass is 16.5. The second-order valence-electron chi connectivity index (χ2n) is 10.7. The zero-order chi connectivity index (χ0) is 27.2. The summed E-state index contributed by atoms with van der Waals surface area (Å²) in [4.78, 5) is 30.8. The molecule has 2 heterocycles. The molecular formula is C30H38N6O3. The predicted molar refractivity (Wildman–Crippen MR) is 149 cm³/mol. The fourth-order valence-corrected chi connectivity index (χ4v) is 5.44. The maximum absolute atomic E-state index is 13.5. The highest BCUT2D eigenvalue weighted by molar-refractivity contribution is 5.97. The van der Waals surface area contributed by atoms with Gasteiger partial charge in [0.2, 0.25) is 5.91 Å². The van der Waals surface area contributed by atoms with Crippen LogP contribution in [-0.2, 0) is 4.79 Å². The van der Waals surface area contributed by atoms with Crippen LogP contribution in [0.25, 0.3) is 5.69 Å². The Bertz CT molecular complexity index is 1220. The Hall–Kier alpha value is -3.72. The number of carbonyl (C=O) groups excluding carboxylic acids is 2. The van der Waals surface area contributed by atoms with E-state index in [1.807, 2.05) is 29.2 Å². The molecule has 2 aliphatic rings. The molecule has 1 saturated heterocycles. The van der Waals surface area contributed by atoms with Gasteiger partial charge in [-0.1, -0.05) is 30.2 Å². The van der Waals surface area contributed by atoms with E-state index in [0.29, 0.717) is 36.9 Å². The van der Waals surface area contributed by atoms with Crippen molar-refractivity contribution in [2.45, 2.75) is 44.1 Å². The van der Waals surface area contributed by atoms with Crippen LogP contribution in [0.2, 0.25) is 0 Å². The molecule has 1 aliphatic carbocycles. The summed E-state index contributed by atoms with van der Waals surface area (Å²) >= 11 is 0. The van der Waals surface area contributed by atoms with Gasteiger partial charge in [0, 0.05) is 31.7 Å². The molecule has 5 rings (SSSR count). The normalized spacial score (nSPS) is 19.9. The number of ether oxygens (including phenoxy) is 1. The monoisotopic (exact) mass is 530 g/mol. The van der Waals surface area contributed by atoms with Gasteiger partial charge in [-0.25, -0.2) is 4.68 Å². The summed E-state index contributed by atoms with van der Waals surface area (Å²) in [5.74, 6) is 2.01. The van der Waals surface area contributed by atoms with Crippen molar-refractivity contribution >= 4 is 11.8 Å². The molecule has 3 aromatic rings. The van der Waals surface area contributed by atoms with Crippen LogP contribution in [0.3, 0.4) is 0 Å². The average Bonchev–Trinajstić information content (AvgIpc) is 3.53. The van der Waals surface area contributed by atoms with E-state index in [-0.39, 0.29) is 11.8 Å². The third-order valence-corrected chi connectivity index (χ3v) is 8.02. The zero-order valence-corrected chi connectivity index (χ0v) is 22.8. The van der Waals surface area contributed by atoms with Gasteiger partial charge in [0.25, 0.3) is 5.91 Å². The highest BCUT2D eigenvalue weighted by Crippen LogP contribution is 2.50. The standard InChI is InChI=1S/C30H38N6O3/c1-34-17-19-35(20-18-34)30(38)28(32-29(37)23-7-11-25(12-8-23)36-16-15-31-33-36)6-4-3-5-24-21-27(24)22-9-13-26(39-2)14-10-22/h7-16,24,27-28H,3-6,17-21H2,1-2H3,(H,32,37)/t24-,27+,28+/m1/s1. The Labute approximate surface area is 230 Å². The summed E-state index contributed by atoms with van der Waals surface area (Å²) in [6.45, 7) is 3.09. The first-order valence-corrected chi connectivity index (χ1v) is 13.9. The lowest BCUT2D eigenvalue weighted by molar-refractivity contribution is -0.135. The van der Waals surface area contributed by atoms with Gasteiger partial charge in [-0.2, -0.15) is 0 Å². The smallest absolute Gasteiger partial charge is 0.251 e. The molecule has 1 aliphatic heterocycles. The number of rotatable bonds is 11. The molecule has 1 aromatic heterocycles. The molecule has 206 valence electrons. The lowest BCUT2D eigenvalue weighted by Gasteiger charge is -2.34. The average molecular weight is 531 g/mol. The lowest BCUT2D eigenvalue weighted by Crippen LogP contribution is -2.54. The van der Waals surface area contributed by atoms with Gasteiger partial charge in [0.1, 0.15) is 11.8 Å². The molecule has 0 spiro atoms. The van der Waals surface area contributed by atoms with E-state index < -0.39 is 6.04 Å². The number of piperazine rings is 1. The summed E-state index contributed by atoms with van der Waals surface area (Å²) in [6, 6.07) is 15.1. The van der Waals surface area contributed by atoms with Crippen LogP contribution < -0.4 is 10.1 Å². The van der Waals surface area contributed by atoms with Gasteiger partial charge in [-0.3, -0.25) is 9.59 Å². The number of unbranched alkanes of at least 4 members (excludes halogenated alkanes) is 1. The van der Waals surface area contributed by atoms with Crippen LogP contribution in [0.4, 0.5) is 0 Å². The van der Waals surface area contributed by atoms with Gasteiger partial charge >= 0.3 is 0 Å². The van der Waals surface area contributed by atoms with E-state index in [0.717, 1.165) is 43.8 Å². The van der Waals surface area contributed by atoms with Crippen LogP contribution in [0.1, 0.15) is 53.9 Å². The van der Waals surface area contributed by atoms with Crippen LogP contribution in [0, 0.1) is 5.92 Å². The molecule has 0 radical (unpaired) electrons. The number of amides is 2. The van der Waals surface area contributed by atoms with E-state index in [4.69, 9.17) is 4.74 Å². The van der Waals surface area contributed by atoms with E-state index in [2.05, 4.69) is 39.7 Å². The van der Waals surface area contributed by atoms with Crippen molar-refractivity contribution in [1.29, 1.82) is 0 Å². The molecule has 1 N–H and O–H groups in total. The largest absolute Gasteiger partial charge is 0.497 e. The molecule has 39 heavy (non-hydrogen) atoms. The molecule has 1 saturated carbocycles. The van der Waals surface area contributed by atoms with Crippen LogP contribution >= 0.6 is 0 Å². The first kappa shape index (κ1) is 26.9. The zero-order valence-electron chi connectivity index (χ0n) is 22.8. The fraction of sp³-hybridized carbons (Fsp3) is 0.467. The Morgan fingerprint density at radius 2 is 1.77 bits per heavy atom. The van der Waals surface area contributed by atoms with Crippen molar-refractivity contribution in [2.75, 3.05) is 40.3 Å². The van der Waals surface area contributed by atoms with Crippen LogP contribution in [0.5, 0.6) is 5.75 Å². The van der Waals surface area contributed by atoms with E-state index in [9.17, 15) is 9.59 Å². The van der Waals surface area contributed by atoms with Crippen LogP contribution in [-0.4, -0.2) is 83.0 Å². The van der Waals surface area contributed by atoms with Gasteiger partial charge < -0.3 is 19.9 Å². The van der Waals surface area contributed by atoms with Crippen molar-refractivity contribution in [2.24, 2.45) is 5.92 Å². The van der Waals surface area contributed by atoms with Crippen molar-refractivity contribution in [3.8, 4) is 11.4 Å². The van der Waals surface area contributed by atoms with Gasteiger partial charge in [0.05, 0.1) is 25.2 Å². The third kappa shape index (κ3) is 6.84. The number of likely N-dealkylation sites (N-methyl/N-ethyl adjacent to an activating group) is 1. The Morgan fingerprint density at radius 1 is 1.03 bits per heavy atom. The Morgan fingerprint density at radius 3 is 2.44 bits per heavy atom. The lowest BCUT2D eigenvalue weighted by atomic mass is 10.0. The molecular weight excluding hydrogens is 492 g/mol. The van der Waals surface area contributed by atoms with Gasteiger partial charge in [-0.15, -0.1) is 5.10 Å². The minimum absolute atomic E-state index is 0.0261. The van der Waals surface area contributed by atoms with Crippen LogP contribution in [0.15, 0.2) is 60.9 Å². The van der Waals surface area contributed by atoms with Crippen molar-refractivity contribution < 1.29 is 14.3 Å². The first-order chi connectivity index (χ1) is 19.0. The summed E-state index contributed by atoms with van der Waals surface area (Å²) < 4.78 is 6.91. The minimum atomic E-state index is -0.521. The Kier molecular flexibility index (Phi) is 8.56. The third-order valence-electron chi connectivity index (χ3n) is 8.02. The first-order valence-electron chi connectivity index (χ1n) is 13.9. The molecule has 9 heteroatoms. The number of carbonyl (C=O) groups is 2. The molecule has 2 amide bonds. The van der Waals surface area contributed by atoms with E-state index in [1.165, 1.54) is 12.0 Å². The number of aromatic nitrogens is 3. The number of nitrogens with zero attached hydrogens (tertiary/aromatic N) is 5. The minimum Gasteiger partial charge on any atom is -0.497 e. The SMILES string of the molecule is COc1ccc([C@@H]2C[C@H]2CCCC[C@H](NC(=O)c2ccc(-n3ccnn3)cc2)C(=O)N2CCN(C)CC2)cc1. The van der Waals surface area contributed by atoms with Gasteiger partial charge in [-0.05, 0) is 80.1 Å². The highest BCUT2D eigenvalue weighted by Gasteiger charge is 2.37. The van der Waals surface area contributed by atoms with Crippen molar-refractivity contribution in [3.05, 3.63) is 72.1 Å². The second-order valence-corrected chi connectivity index (χ2v) is 10.7. The van der Waals surface area contributed by atoms with Crippen molar-refractivity contribution in [3.63, 3.8) is 0 Å². The number of methoxy groups -OCH3 is 1. The Balaban J connectivity index is 1.16. The van der Waals surface area contributed by atoms with Crippen molar-refractivity contribution in [1.82, 2.24) is 30.1 Å². The van der Waals surface area contributed by atoms with Gasteiger partial charge in [0.15, 0.2) is 0 Å². The molecule has 0 unspecified atom stereocenters. The number of benzene rings is 2. The quantitative estimate of drug-likeness (QED) is 0.382. The predicted octanol–water partition coefficient (Wildman–Crippen LogP) is 3.51. The summed E-state index contributed by atoms with van der Waals surface area (Å²) in [6.07, 6.45) is 8.32. The number of hydrogen-bond donors (Lipinski definition) is 1. The second kappa shape index (κ2) is 12.4. The fourth-order valence-electron chi connectivity index (χ4n) is 5.44. The summed E-state index contributed by atoms with van der Waals surface area (Å²) in [5, 5.41) is 10.9. The maximum atomic E-state index is 13.5. The topological polar surface area (TPSA) is 92.6 Å². The molecule has 2 fully saturated rings. The number of hydrogen-bond acceptors (Lipinski definition) is 6. The maximum Gasteiger partial charge on any atom is 0.251 e.